The van der Waals surface area contributed by atoms with Crippen LogP contribution >= 0.6 is 11.6 Å². The number of benzene rings is 2. The van der Waals surface area contributed by atoms with Crippen molar-refractivity contribution < 1.29 is 9.59 Å². The standard InChI is InChI=1S/C25H22ClN5O2/c1-15-5-9-18(13-27-15)31-23-4-2-3-22(20(23)14-29-31)30-25(33)19-11-16(6-10-21(19)26)12-28-24(32)17-7-8-17/h2-6,9-11,13-14,17H,7-8,12H2,1H3,(H,28,32)(H,30,33). The molecule has 0 bridgehead atoms. The summed E-state index contributed by atoms with van der Waals surface area (Å²) in [5.74, 6) is -0.131. The van der Waals surface area contributed by atoms with Crippen LogP contribution in [0.5, 0.6) is 0 Å². The molecule has 1 saturated carbocycles. The molecule has 0 aliphatic heterocycles. The summed E-state index contributed by atoms with van der Waals surface area (Å²) >= 11 is 6.32. The van der Waals surface area contributed by atoms with Gasteiger partial charge in [0.2, 0.25) is 5.91 Å². The second kappa shape index (κ2) is 8.67. The molecule has 2 amide bonds. The highest BCUT2D eigenvalue weighted by atomic mass is 35.5. The molecule has 0 atom stereocenters. The minimum atomic E-state index is -0.326. The number of carbonyl (C=O) groups excluding carboxylic acids is 2. The molecule has 8 heteroatoms. The van der Waals surface area contributed by atoms with Gasteiger partial charge in [0.05, 0.1) is 39.9 Å². The maximum Gasteiger partial charge on any atom is 0.257 e. The SMILES string of the molecule is Cc1ccc(-n2ncc3c(NC(=O)c4cc(CNC(=O)C5CC5)ccc4Cl)cccc32)cn1. The van der Waals surface area contributed by atoms with E-state index < -0.39 is 0 Å². The van der Waals surface area contributed by atoms with E-state index in [0.717, 1.165) is 40.7 Å². The predicted octanol–water partition coefficient (Wildman–Crippen LogP) is 4.66. The van der Waals surface area contributed by atoms with E-state index in [1.807, 2.05) is 43.3 Å². The average Bonchev–Trinajstić information content (AvgIpc) is 3.58. The summed E-state index contributed by atoms with van der Waals surface area (Å²) in [6.45, 7) is 2.29. The van der Waals surface area contributed by atoms with Gasteiger partial charge < -0.3 is 10.6 Å². The number of aryl methyl sites for hydroxylation is 1. The fourth-order valence-corrected chi connectivity index (χ4v) is 3.88. The van der Waals surface area contributed by atoms with Crippen LogP contribution in [0.3, 0.4) is 0 Å². The van der Waals surface area contributed by atoms with Crippen LogP contribution in [0.15, 0.2) is 60.9 Å². The summed E-state index contributed by atoms with van der Waals surface area (Å²) in [4.78, 5) is 29.3. The highest BCUT2D eigenvalue weighted by molar-refractivity contribution is 6.34. The van der Waals surface area contributed by atoms with Gasteiger partial charge in [-0.05, 0) is 61.7 Å². The molecule has 0 unspecified atom stereocenters. The Morgan fingerprint density at radius 3 is 2.73 bits per heavy atom. The Balaban J connectivity index is 1.38. The van der Waals surface area contributed by atoms with Crippen LogP contribution in [0.1, 0.15) is 34.5 Å². The van der Waals surface area contributed by atoms with Crippen LogP contribution in [-0.4, -0.2) is 26.6 Å². The molecule has 2 aromatic heterocycles. The van der Waals surface area contributed by atoms with Crippen molar-refractivity contribution in [3.05, 3.63) is 82.8 Å². The number of rotatable bonds is 6. The molecular weight excluding hydrogens is 438 g/mol. The van der Waals surface area contributed by atoms with Crippen LogP contribution in [0.25, 0.3) is 16.6 Å². The molecule has 1 fully saturated rings. The lowest BCUT2D eigenvalue weighted by Gasteiger charge is -2.11. The van der Waals surface area contributed by atoms with E-state index in [9.17, 15) is 9.59 Å². The number of pyridine rings is 1. The maximum atomic E-state index is 13.1. The van der Waals surface area contributed by atoms with Crippen molar-refractivity contribution in [2.45, 2.75) is 26.3 Å². The number of nitrogens with zero attached hydrogens (tertiary/aromatic N) is 3. The second-order valence-corrected chi connectivity index (χ2v) is 8.62. The van der Waals surface area contributed by atoms with E-state index in [1.165, 1.54) is 0 Å². The molecule has 0 spiro atoms. The molecule has 2 heterocycles. The zero-order chi connectivity index (χ0) is 22.9. The summed E-state index contributed by atoms with van der Waals surface area (Å²) in [5.41, 5.74) is 4.41. The molecule has 1 aliphatic rings. The van der Waals surface area contributed by atoms with Gasteiger partial charge in [0.25, 0.3) is 5.91 Å². The molecule has 33 heavy (non-hydrogen) atoms. The molecule has 7 nitrogen and oxygen atoms in total. The van der Waals surface area contributed by atoms with Gasteiger partial charge in [-0.25, -0.2) is 4.68 Å². The van der Waals surface area contributed by atoms with Crippen LogP contribution < -0.4 is 10.6 Å². The Kier molecular flexibility index (Phi) is 5.56. The number of hydrogen-bond acceptors (Lipinski definition) is 4. The monoisotopic (exact) mass is 459 g/mol. The lowest BCUT2D eigenvalue weighted by Crippen LogP contribution is -2.24. The Morgan fingerprint density at radius 1 is 1.12 bits per heavy atom. The second-order valence-electron chi connectivity index (χ2n) is 8.21. The van der Waals surface area contributed by atoms with Crippen molar-refractivity contribution in [1.82, 2.24) is 20.1 Å². The Hall–Kier alpha value is -3.71. The van der Waals surface area contributed by atoms with Crippen LogP contribution in [-0.2, 0) is 11.3 Å². The topological polar surface area (TPSA) is 88.9 Å². The quantitative estimate of drug-likeness (QED) is 0.439. The van der Waals surface area contributed by atoms with Crippen molar-refractivity contribution in [3.8, 4) is 5.69 Å². The van der Waals surface area contributed by atoms with E-state index in [0.29, 0.717) is 22.8 Å². The smallest absolute Gasteiger partial charge is 0.257 e. The third-order valence-electron chi connectivity index (χ3n) is 5.69. The highest BCUT2D eigenvalue weighted by Gasteiger charge is 2.29. The lowest BCUT2D eigenvalue weighted by atomic mass is 10.1. The number of hydrogen-bond donors (Lipinski definition) is 2. The fraction of sp³-hybridized carbons (Fsp3) is 0.200. The number of nitrogens with one attached hydrogen (secondary N) is 2. The zero-order valence-corrected chi connectivity index (χ0v) is 18.8. The van der Waals surface area contributed by atoms with Gasteiger partial charge >= 0.3 is 0 Å². The molecular formula is C25H22ClN5O2. The van der Waals surface area contributed by atoms with E-state index in [1.54, 1.807) is 29.2 Å². The first-order valence-electron chi connectivity index (χ1n) is 10.8. The first kappa shape index (κ1) is 21.2. The molecule has 0 saturated heterocycles. The zero-order valence-electron chi connectivity index (χ0n) is 18.0. The van der Waals surface area contributed by atoms with Crippen molar-refractivity contribution in [2.24, 2.45) is 5.92 Å². The van der Waals surface area contributed by atoms with Crippen LogP contribution in [0.2, 0.25) is 5.02 Å². The normalized spacial score (nSPS) is 13.2. The number of amides is 2. The number of fused-ring (bicyclic) bond motifs is 1. The van der Waals surface area contributed by atoms with Gasteiger partial charge in [-0.15, -0.1) is 0 Å². The maximum absolute atomic E-state index is 13.1. The minimum Gasteiger partial charge on any atom is -0.352 e. The van der Waals surface area contributed by atoms with Gasteiger partial charge in [0, 0.05) is 23.5 Å². The van der Waals surface area contributed by atoms with Crippen LogP contribution in [0, 0.1) is 12.8 Å². The molecule has 4 aromatic rings. The third kappa shape index (κ3) is 4.45. The number of halogens is 1. The van der Waals surface area contributed by atoms with Crippen molar-refractivity contribution in [3.63, 3.8) is 0 Å². The molecule has 0 radical (unpaired) electrons. The minimum absolute atomic E-state index is 0.0587. The first-order chi connectivity index (χ1) is 16.0. The van der Waals surface area contributed by atoms with Crippen LogP contribution in [0.4, 0.5) is 5.69 Å². The number of aromatic nitrogens is 3. The average molecular weight is 460 g/mol. The Morgan fingerprint density at radius 2 is 1.97 bits per heavy atom. The largest absolute Gasteiger partial charge is 0.352 e. The van der Waals surface area contributed by atoms with Gasteiger partial charge in [0.1, 0.15) is 0 Å². The molecule has 2 N–H and O–H groups in total. The van der Waals surface area contributed by atoms with Gasteiger partial charge in [-0.1, -0.05) is 23.7 Å². The number of carbonyl (C=O) groups is 2. The highest BCUT2D eigenvalue weighted by Crippen LogP contribution is 2.29. The van der Waals surface area contributed by atoms with E-state index in [-0.39, 0.29) is 17.7 Å². The van der Waals surface area contributed by atoms with Crippen molar-refractivity contribution in [2.75, 3.05) is 5.32 Å². The summed E-state index contributed by atoms with van der Waals surface area (Å²) in [6, 6.07) is 14.7. The summed E-state index contributed by atoms with van der Waals surface area (Å²) in [6.07, 6.45) is 5.38. The predicted molar refractivity (Wildman–Crippen MR) is 128 cm³/mol. The molecule has 5 rings (SSSR count). The Labute approximate surface area is 195 Å². The number of anilines is 1. The Bertz CT molecular complexity index is 1360. The molecule has 166 valence electrons. The summed E-state index contributed by atoms with van der Waals surface area (Å²) in [5, 5.41) is 11.5. The van der Waals surface area contributed by atoms with E-state index in [2.05, 4.69) is 20.7 Å². The summed E-state index contributed by atoms with van der Waals surface area (Å²) in [7, 11) is 0. The first-order valence-corrected chi connectivity index (χ1v) is 11.1. The van der Waals surface area contributed by atoms with Gasteiger partial charge in [-0.3, -0.25) is 14.6 Å². The molecule has 2 aromatic carbocycles. The van der Waals surface area contributed by atoms with Gasteiger partial charge in [0.15, 0.2) is 0 Å². The summed E-state index contributed by atoms with van der Waals surface area (Å²) < 4.78 is 1.79. The van der Waals surface area contributed by atoms with Crippen molar-refractivity contribution in [1.29, 1.82) is 0 Å². The van der Waals surface area contributed by atoms with Crippen molar-refractivity contribution >= 4 is 40.0 Å². The lowest BCUT2D eigenvalue weighted by molar-refractivity contribution is -0.122. The van der Waals surface area contributed by atoms with Gasteiger partial charge in [-0.2, -0.15) is 5.10 Å². The fourth-order valence-electron chi connectivity index (χ4n) is 3.68. The van der Waals surface area contributed by atoms with E-state index >= 15 is 0 Å². The third-order valence-corrected chi connectivity index (χ3v) is 6.02. The molecule has 1 aliphatic carbocycles. The van der Waals surface area contributed by atoms with E-state index in [4.69, 9.17) is 11.6 Å².